The molecule has 0 saturated carbocycles. The van der Waals surface area contributed by atoms with Crippen molar-refractivity contribution in [1.29, 1.82) is 0 Å². The Labute approximate surface area is 152 Å². The highest BCUT2D eigenvalue weighted by Gasteiger charge is 2.09. The maximum absolute atomic E-state index is 3.40. The van der Waals surface area contributed by atoms with Crippen molar-refractivity contribution in [3.05, 3.63) is 108 Å². The van der Waals surface area contributed by atoms with Crippen molar-refractivity contribution in [3.8, 4) is 11.8 Å². The van der Waals surface area contributed by atoms with E-state index in [9.17, 15) is 0 Å². The first-order chi connectivity index (χ1) is 12.9. The third-order valence-corrected chi connectivity index (χ3v) is 4.83. The van der Waals surface area contributed by atoms with E-state index in [1.807, 2.05) is 24.3 Å². The predicted octanol–water partition coefficient (Wildman–Crippen LogP) is 6.35. The van der Waals surface area contributed by atoms with Crippen molar-refractivity contribution in [2.75, 3.05) is 0 Å². The number of fused-ring (bicyclic) bond motifs is 6. The van der Waals surface area contributed by atoms with E-state index in [0.29, 0.717) is 0 Å². The van der Waals surface area contributed by atoms with Gasteiger partial charge in [0.25, 0.3) is 0 Å². The first-order valence-electron chi connectivity index (χ1n) is 8.72. The summed E-state index contributed by atoms with van der Waals surface area (Å²) in [6.07, 6.45) is 0. The van der Waals surface area contributed by atoms with E-state index < -0.39 is 0 Å². The molecule has 5 rings (SSSR count). The second-order valence-electron chi connectivity index (χ2n) is 6.36. The number of hydrogen-bond acceptors (Lipinski definition) is 0. The SMILES string of the molecule is C(#Cc1cccc2c3ccccc3c3ccccc3c12)c1cc[c]cc1. The molecule has 0 aliphatic carbocycles. The fraction of sp³-hybridized carbons (Fsp3) is 0. The molecule has 1 radical (unpaired) electrons. The highest BCUT2D eigenvalue weighted by Crippen LogP contribution is 2.36. The molecule has 0 unspecified atom stereocenters. The molecule has 0 spiro atoms. The third kappa shape index (κ3) is 2.34. The first-order valence-corrected chi connectivity index (χ1v) is 8.72. The second kappa shape index (κ2) is 6.06. The maximum atomic E-state index is 3.40. The Hall–Kier alpha value is -3.56. The summed E-state index contributed by atoms with van der Waals surface area (Å²) < 4.78 is 0. The lowest BCUT2D eigenvalue weighted by atomic mass is 9.92. The molecule has 0 amide bonds. The summed E-state index contributed by atoms with van der Waals surface area (Å²) in [4.78, 5) is 0. The monoisotopic (exact) mass is 327 g/mol. The average Bonchev–Trinajstić information content (AvgIpc) is 2.73. The first kappa shape index (κ1) is 14.8. The van der Waals surface area contributed by atoms with Crippen molar-refractivity contribution in [2.45, 2.75) is 0 Å². The Balaban J connectivity index is 1.91. The summed E-state index contributed by atoms with van der Waals surface area (Å²) in [5, 5.41) is 7.59. The van der Waals surface area contributed by atoms with Crippen LogP contribution in [0.15, 0.2) is 91.0 Å². The van der Waals surface area contributed by atoms with Gasteiger partial charge in [0.05, 0.1) is 0 Å². The van der Waals surface area contributed by atoms with Crippen molar-refractivity contribution in [2.24, 2.45) is 0 Å². The lowest BCUT2D eigenvalue weighted by Crippen LogP contribution is -1.86. The van der Waals surface area contributed by atoms with E-state index in [1.165, 1.54) is 32.3 Å². The summed E-state index contributed by atoms with van der Waals surface area (Å²) in [5.41, 5.74) is 2.07. The topological polar surface area (TPSA) is 0 Å². The Morgan fingerprint density at radius 3 is 1.69 bits per heavy atom. The largest absolute Gasteiger partial charge is 0.0616 e. The van der Waals surface area contributed by atoms with Crippen molar-refractivity contribution >= 4 is 32.3 Å². The summed E-state index contributed by atoms with van der Waals surface area (Å²) in [5.74, 6) is 6.69. The van der Waals surface area contributed by atoms with Crippen LogP contribution in [0, 0.1) is 17.9 Å². The Morgan fingerprint density at radius 2 is 1.04 bits per heavy atom. The minimum atomic E-state index is 1.01. The van der Waals surface area contributed by atoms with Crippen LogP contribution in [0.2, 0.25) is 0 Å². The van der Waals surface area contributed by atoms with Crippen LogP contribution in [-0.4, -0.2) is 0 Å². The van der Waals surface area contributed by atoms with Crippen LogP contribution in [0.1, 0.15) is 11.1 Å². The zero-order valence-corrected chi connectivity index (χ0v) is 14.2. The lowest BCUT2D eigenvalue weighted by Gasteiger charge is -2.11. The van der Waals surface area contributed by atoms with Gasteiger partial charge >= 0.3 is 0 Å². The fourth-order valence-corrected chi connectivity index (χ4v) is 3.67. The van der Waals surface area contributed by atoms with Crippen LogP contribution in [-0.2, 0) is 0 Å². The molecule has 0 heterocycles. The molecule has 0 saturated heterocycles. The van der Waals surface area contributed by atoms with Crippen molar-refractivity contribution in [3.63, 3.8) is 0 Å². The molecule has 5 aromatic rings. The van der Waals surface area contributed by atoms with Gasteiger partial charge in [-0.05, 0) is 51.2 Å². The highest BCUT2D eigenvalue weighted by molar-refractivity contribution is 6.26. The highest BCUT2D eigenvalue weighted by atomic mass is 14.1. The standard InChI is InChI=1S/C26H15/c1-2-9-19(10-3-1)17-18-20-11-8-16-25-23-13-5-4-12-21(23)22-14-6-7-15-24(22)26(20)25/h2-16H. The third-order valence-electron chi connectivity index (χ3n) is 4.83. The van der Waals surface area contributed by atoms with Gasteiger partial charge in [0.2, 0.25) is 0 Å². The molecule has 0 nitrogen and oxygen atoms in total. The minimum Gasteiger partial charge on any atom is -0.0616 e. The lowest BCUT2D eigenvalue weighted by molar-refractivity contribution is 1.63. The molecular weight excluding hydrogens is 312 g/mol. The Morgan fingerprint density at radius 1 is 0.500 bits per heavy atom. The molecule has 119 valence electrons. The molecule has 0 fully saturated rings. The molecular formula is C26H15. The van der Waals surface area contributed by atoms with Crippen LogP contribution in [0.5, 0.6) is 0 Å². The molecule has 0 heteroatoms. The van der Waals surface area contributed by atoms with E-state index in [0.717, 1.165) is 11.1 Å². The van der Waals surface area contributed by atoms with Crippen LogP contribution >= 0.6 is 0 Å². The van der Waals surface area contributed by atoms with Crippen molar-refractivity contribution in [1.82, 2.24) is 0 Å². The fourth-order valence-electron chi connectivity index (χ4n) is 3.67. The molecule has 0 aliphatic heterocycles. The Kier molecular flexibility index (Phi) is 3.44. The zero-order chi connectivity index (χ0) is 17.3. The van der Waals surface area contributed by atoms with Gasteiger partial charge in [-0.1, -0.05) is 84.6 Å². The van der Waals surface area contributed by atoms with Gasteiger partial charge in [-0.3, -0.25) is 0 Å². The normalized spacial score (nSPS) is 10.8. The zero-order valence-electron chi connectivity index (χ0n) is 14.2. The number of benzene rings is 5. The Bertz CT molecular complexity index is 1270. The van der Waals surface area contributed by atoms with Gasteiger partial charge in [0.1, 0.15) is 0 Å². The maximum Gasteiger partial charge on any atom is 0.0333 e. The quantitative estimate of drug-likeness (QED) is 0.230. The molecule has 0 aliphatic rings. The molecule has 26 heavy (non-hydrogen) atoms. The van der Waals surface area contributed by atoms with Crippen LogP contribution in [0.4, 0.5) is 0 Å². The average molecular weight is 327 g/mol. The molecule has 0 atom stereocenters. The van der Waals surface area contributed by atoms with Gasteiger partial charge in [0, 0.05) is 16.5 Å². The van der Waals surface area contributed by atoms with E-state index in [-0.39, 0.29) is 0 Å². The van der Waals surface area contributed by atoms with Crippen molar-refractivity contribution < 1.29 is 0 Å². The van der Waals surface area contributed by atoms with E-state index in [1.54, 1.807) is 0 Å². The summed E-state index contributed by atoms with van der Waals surface area (Å²) in [7, 11) is 0. The van der Waals surface area contributed by atoms with Crippen LogP contribution < -0.4 is 0 Å². The number of hydrogen-bond donors (Lipinski definition) is 0. The van der Waals surface area contributed by atoms with E-state index in [2.05, 4.69) is 84.6 Å². The summed E-state index contributed by atoms with van der Waals surface area (Å²) in [6.45, 7) is 0. The van der Waals surface area contributed by atoms with Crippen LogP contribution in [0.25, 0.3) is 32.3 Å². The molecule has 0 N–H and O–H groups in total. The summed E-state index contributed by atoms with van der Waals surface area (Å²) in [6, 6.07) is 34.5. The smallest absolute Gasteiger partial charge is 0.0333 e. The second-order valence-corrected chi connectivity index (χ2v) is 6.36. The number of rotatable bonds is 0. The van der Waals surface area contributed by atoms with Gasteiger partial charge in [0.15, 0.2) is 0 Å². The van der Waals surface area contributed by atoms with E-state index in [4.69, 9.17) is 0 Å². The van der Waals surface area contributed by atoms with Crippen LogP contribution in [0.3, 0.4) is 0 Å². The molecule has 0 aromatic heterocycles. The van der Waals surface area contributed by atoms with Gasteiger partial charge in [-0.15, -0.1) is 0 Å². The predicted molar refractivity (Wildman–Crippen MR) is 110 cm³/mol. The van der Waals surface area contributed by atoms with E-state index >= 15 is 0 Å². The van der Waals surface area contributed by atoms with Gasteiger partial charge in [-0.25, -0.2) is 0 Å². The summed E-state index contributed by atoms with van der Waals surface area (Å²) >= 11 is 0. The van der Waals surface area contributed by atoms with Gasteiger partial charge in [-0.2, -0.15) is 0 Å². The van der Waals surface area contributed by atoms with Gasteiger partial charge < -0.3 is 0 Å². The molecule has 0 bridgehead atoms. The minimum absolute atomic E-state index is 1.01. The molecule has 5 aromatic carbocycles.